The number of furan rings is 1. The van der Waals surface area contributed by atoms with E-state index in [1.807, 2.05) is 31.2 Å². The number of hydrogen-bond donors (Lipinski definition) is 1. The van der Waals surface area contributed by atoms with Crippen LogP contribution in [0.5, 0.6) is 11.5 Å². The lowest BCUT2D eigenvalue weighted by Crippen LogP contribution is -2.20. The Morgan fingerprint density at radius 3 is 2.45 bits per heavy atom. The van der Waals surface area contributed by atoms with Gasteiger partial charge in [-0.3, -0.25) is 4.79 Å². The molecule has 2 heterocycles. The van der Waals surface area contributed by atoms with Gasteiger partial charge in [-0.15, -0.1) is 0 Å². The molecule has 0 saturated heterocycles. The molecule has 1 atom stereocenters. The first-order chi connectivity index (χ1) is 14.0. The standard InChI is InChI=1S/C23H20N2O4/c1-4-27-15-7-5-14(6-8-15)21-16-9-10-18(26)19-12(2)28-13(3)20(19)22(16)29-23(25)17(21)11-24/h5-10,21H,4,25H2,1-3H3/t21-/m1/s1. The van der Waals surface area contributed by atoms with E-state index in [2.05, 4.69) is 6.07 Å². The molecule has 0 unspecified atom stereocenters. The Balaban J connectivity index is 2.03. The number of benzene rings is 1. The predicted octanol–water partition coefficient (Wildman–Crippen LogP) is 4.03. The summed E-state index contributed by atoms with van der Waals surface area (Å²) in [4.78, 5) is 12.7. The minimum atomic E-state index is -0.468. The molecule has 0 bridgehead atoms. The Bertz CT molecular complexity index is 1250. The average molecular weight is 388 g/mol. The molecule has 1 aromatic heterocycles. The molecule has 146 valence electrons. The Morgan fingerprint density at radius 2 is 1.79 bits per heavy atom. The van der Waals surface area contributed by atoms with Gasteiger partial charge in [-0.2, -0.15) is 5.26 Å². The van der Waals surface area contributed by atoms with Crippen LogP contribution in [0.2, 0.25) is 0 Å². The monoisotopic (exact) mass is 388 g/mol. The second-order valence-electron chi connectivity index (χ2n) is 6.87. The number of nitriles is 1. The number of rotatable bonds is 3. The molecule has 0 amide bonds. The summed E-state index contributed by atoms with van der Waals surface area (Å²) >= 11 is 0. The highest BCUT2D eigenvalue weighted by molar-refractivity contribution is 5.93. The van der Waals surface area contributed by atoms with Crippen LogP contribution in [0, 0.1) is 25.2 Å². The van der Waals surface area contributed by atoms with Gasteiger partial charge < -0.3 is 19.6 Å². The minimum absolute atomic E-state index is 0.0251. The number of aryl methyl sites for hydroxylation is 2. The zero-order chi connectivity index (χ0) is 20.7. The van der Waals surface area contributed by atoms with Crippen LogP contribution in [-0.2, 0) is 0 Å². The summed E-state index contributed by atoms with van der Waals surface area (Å²) in [5.74, 6) is 1.84. The number of hydrogen-bond acceptors (Lipinski definition) is 6. The second-order valence-corrected chi connectivity index (χ2v) is 6.87. The van der Waals surface area contributed by atoms with Crippen molar-refractivity contribution in [3.8, 4) is 17.6 Å². The second kappa shape index (κ2) is 7.02. The molecule has 0 aliphatic carbocycles. The van der Waals surface area contributed by atoms with Crippen LogP contribution >= 0.6 is 0 Å². The quantitative estimate of drug-likeness (QED) is 0.727. The van der Waals surface area contributed by atoms with Crippen molar-refractivity contribution < 1.29 is 13.9 Å². The number of ether oxygens (including phenoxy) is 2. The number of allylic oxidation sites excluding steroid dienone is 1. The molecule has 1 aliphatic rings. The van der Waals surface area contributed by atoms with Crippen LogP contribution in [0.1, 0.15) is 35.5 Å². The van der Waals surface area contributed by atoms with Crippen LogP contribution in [0.3, 0.4) is 0 Å². The molecule has 0 spiro atoms. The molecule has 1 aliphatic heterocycles. The van der Waals surface area contributed by atoms with E-state index in [1.54, 1.807) is 19.9 Å². The molecule has 3 aromatic rings. The van der Waals surface area contributed by atoms with E-state index < -0.39 is 5.92 Å². The van der Waals surface area contributed by atoms with E-state index in [1.165, 1.54) is 6.07 Å². The van der Waals surface area contributed by atoms with Crippen LogP contribution < -0.4 is 20.6 Å². The predicted molar refractivity (Wildman–Crippen MR) is 109 cm³/mol. The maximum Gasteiger partial charge on any atom is 0.205 e. The first kappa shape index (κ1) is 18.6. The van der Waals surface area contributed by atoms with Gasteiger partial charge in [-0.1, -0.05) is 18.2 Å². The maximum absolute atomic E-state index is 12.7. The van der Waals surface area contributed by atoms with E-state index >= 15 is 0 Å². The van der Waals surface area contributed by atoms with E-state index in [-0.39, 0.29) is 11.3 Å². The van der Waals surface area contributed by atoms with Gasteiger partial charge in [0.2, 0.25) is 5.88 Å². The molecule has 2 aromatic carbocycles. The number of fused-ring (bicyclic) bond motifs is 3. The summed E-state index contributed by atoms with van der Waals surface area (Å²) in [5.41, 5.74) is 7.80. The molecular weight excluding hydrogens is 368 g/mol. The van der Waals surface area contributed by atoms with Gasteiger partial charge in [0, 0.05) is 5.56 Å². The first-order valence-electron chi connectivity index (χ1n) is 9.33. The summed E-state index contributed by atoms with van der Waals surface area (Å²) in [6, 6.07) is 12.9. The van der Waals surface area contributed by atoms with Crippen molar-refractivity contribution in [1.29, 1.82) is 5.26 Å². The van der Waals surface area contributed by atoms with E-state index in [0.717, 1.165) is 11.3 Å². The third kappa shape index (κ3) is 2.92. The van der Waals surface area contributed by atoms with Crippen molar-refractivity contribution in [2.45, 2.75) is 26.7 Å². The van der Waals surface area contributed by atoms with Gasteiger partial charge in [0.25, 0.3) is 0 Å². The van der Waals surface area contributed by atoms with Crippen molar-refractivity contribution in [2.75, 3.05) is 6.61 Å². The smallest absolute Gasteiger partial charge is 0.205 e. The SMILES string of the molecule is CCOc1ccc([C@H]2C(C#N)=C(N)Oc3c2ccc(=O)c2c(C)oc(C)c32)cc1. The van der Waals surface area contributed by atoms with E-state index in [9.17, 15) is 10.1 Å². The van der Waals surface area contributed by atoms with Gasteiger partial charge in [0.1, 0.15) is 34.7 Å². The summed E-state index contributed by atoms with van der Waals surface area (Å²) in [6.45, 7) is 6.01. The number of nitrogens with zero attached hydrogens (tertiary/aromatic N) is 1. The highest BCUT2D eigenvalue weighted by Gasteiger charge is 2.33. The van der Waals surface area contributed by atoms with Gasteiger partial charge in [-0.05, 0) is 44.5 Å². The fourth-order valence-corrected chi connectivity index (χ4v) is 3.91. The fourth-order valence-electron chi connectivity index (χ4n) is 3.91. The van der Waals surface area contributed by atoms with Crippen LogP contribution in [0.15, 0.2) is 57.1 Å². The summed E-state index contributed by atoms with van der Waals surface area (Å²) in [7, 11) is 0. The molecule has 0 fully saturated rings. The Labute approximate surface area is 167 Å². The molecule has 2 N–H and O–H groups in total. The lowest BCUT2D eigenvalue weighted by molar-refractivity contribution is 0.340. The summed E-state index contributed by atoms with van der Waals surface area (Å²) in [5, 5.41) is 10.8. The van der Waals surface area contributed by atoms with Gasteiger partial charge in [0.05, 0.1) is 23.3 Å². The van der Waals surface area contributed by atoms with Gasteiger partial charge in [0.15, 0.2) is 5.43 Å². The summed E-state index contributed by atoms with van der Waals surface area (Å²) in [6.07, 6.45) is 0. The minimum Gasteiger partial charge on any atom is -0.494 e. The van der Waals surface area contributed by atoms with Crippen molar-refractivity contribution in [2.24, 2.45) is 5.73 Å². The zero-order valence-corrected chi connectivity index (χ0v) is 16.4. The van der Waals surface area contributed by atoms with Crippen molar-refractivity contribution in [3.05, 3.63) is 80.7 Å². The lowest BCUT2D eigenvalue weighted by atomic mass is 9.84. The average Bonchev–Trinajstić information content (AvgIpc) is 2.91. The highest BCUT2D eigenvalue weighted by atomic mass is 16.5. The first-order valence-corrected chi connectivity index (χ1v) is 9.33. The van der Waals surface area contributed by atoms with Crippen molar-refractivity contribution in [3.63, 3.8) is 0 Å². The Morgan fingerprint density at radius 1 is 1.10 bits per heavy atom. The van der Waals surface area contributed by atoms with Crippen LogP contribution in [-0.4, -0.2) is 6.61 Å². The zero-order valence-electron chi connectivity index (χ0n) is 16.4. The molecule has 0 saturated carbocycles. The van der Waals surface area contributed by atoms with E-state index in [0.29, 0.717) is 45.8 Å². The third-order valence-corrected chi connectivity index (χ3v) is 5.13. The maximum atomic E-state index is 12.7. The third-order valence-electron chi connectivity index (χ3n) is 5.13. The largest absolute Gasteiger partial charge is 0.494 e. The number of nitrogens with two attached hydrogens (primary N) is 1. The lowest BCUT2D eigenvalue weighted by Gasteiger charge is -2.26. The highest BCUT2D eigenvalue weighted by Crippen LogP contribution is 2.45. The van der Waals surface area contributed by atoms with Crippen LogP contribution in [0.25, 0.3) is 10.8 Å². The Hall–Kier alpha value is -3.72. The molecule has 4 rings (SSSR count). The molecule has 29 heavy (non-hydrogen) atoms. The molecule has 6 heteroatoms. The summed E-state index contributed by atoms with van der Waals surface area (Å²) < 4.78 is 17.1. The normalized spacial score (nSPS) is 15.6. The topological polar surface area (TPSA) is 98.5 Å². The van der Waals surface area contributed by atoms with Crippen molar-refractivity contribution in [1.82, 2.24) is 0 Å². The van der Waals surface area contributed by atoms with Gasteiger partial charge >= 0.3 is 0 Å². The van der Waals surface area contributed by atoms with Gasteiger partial charge in [-0.25, -0.2) is 0 Å². The molecular formula is C23H20N2O4. The molecule has 6 nitrogen and oxygen atoms in total. The van der Waals surface area contributed by atoms with Crippen LogP contribution in [0.4, 0.5) is 0 Å². The Kier molecular flexibility index (Phi) is 4.51. The van der Waals surface area contributed by atoms with E-state index in [4.69, 9.17) is 19.6 Å². The fraction of sp³-hybridized carbons (Fsp3) is 0.217. The molecule has 0 radical (unpaired) electrons. The van der Waals surface area contributed by atoms with Crippen molar-refractivity contribution >= 4 is 10.8 Å².